The fraction of sp³-hybridized carbons (Fsp3) is 0.622. The summed E-state index contributed by atoms with van der Waals surface area (Å²) in [5, 5.41) is 52.3. The number of hydrogen-bond donors (Lipinski definition) is 3. The number of methoxy groups -OCH3 is 2. The molecule has 0 unspecified atom stereocenters. The first-order valence-electron chi connectivity index (χ1n) is 18.4. The topological polar surface area (TPSA) is 225 Å². The van der Waals surface area contributed by atoms with Gasteiger partial charge in [-0.1, -0.05) is 33.6 Å². The lowest BCUT2D eigenvalue weighted by Gasteiger charge is -2.37. The number of aliphatic hydroxyl groups excluding tert-OH is 3. The van der Waals surface area contributed by atoms with Crippen molar-refractivity contribution in [2.75, 3.05) is 47.1 Å². The van der Waals surface area contributed by atoms with Crippen LogP contribution in [-0.2, 0) is 0 Å². The number of carbonyl (C=O) groups is 2. The van der Waals surface area contributed by atoms with Crippen LogP contribution in [0.2, 0.25) is 0 Å². The summed E-state index contributed by atoms with van der Waals surface area (Å²) < 4.78 is 21.7. The Hall–Kier alpha value is -4.74. The fourth-order valence-electron chi connectivity index (χ4n) is 6.40. The first-order chi connectivity index (χ1) is 25.8. The number of aliphatic hydroxyl groups is 3. The molecule has 2 aliphatic heterocycles. The van der Waals surface area contributed by atoms with E-state index in [1.165, 1.54) is 43.4 Å². The van der Waals surface area contributed by atoms with Gasteiger partial charge < -0.3 is 44.1 Å². The zero-order valence-electron chi connectivity index (χ0n) is 31.7. The second-order valence-electron chi connectivity index (χ2n) is 13.2. The second kappa shape index (κ2) is 21.2. The molecule has 2 saturated heterocycles. The molecule has 0 saturated carbocycles. The molecule has 300 valence electrons. The Bertz CT molecular complexity index is 1470. The highest BCUT2D eigenvalue weighted by Crippen LogP contribution is 2.38. The van der Waals surface area contributed by atoms with Gasteiger partial charge in [0.1, 0.15) is 11.1 Å². The number of rotatable bonds is 16. The molecule has 2 heterocycles. The van der Waals surface area contributed by atoms with Crippen molar-refractivity contribution in [3.05, 3.63) is 55.6 Å². The first-order valence-corrected chi connectivity index (χ1v) is 18.4. The van der Waals surface area contributed by atoms with Crippen LogP contribution in [0.15, 0.2) is 24.3 Å². The SMILES string of the molecule is CCCCOc1cc([N+](=O)[O-])c(C(=O)N2CC[C@H](O)C[C@H]2CC)cc1OC.CCCCOc1cc([N+](=O)[O-])c(C(=O)N2CC[C@H](O)C[C@H]2CO)cc1OC. The van der Waals surface area contributed by atoms with Gasteiger partial charge in [-0.15, -0.1) is 0 Å². The van der Waals surface area contributed by atoms with Gasteiger partial charge in [-0.3, -0.25) is 29.8 Å². The molecule has 2 amide bonds. The number of carbonyl (C=O) groups excluding carboxylic acids is 2. The lowest BCUT2D eigenvalue weighted by molar-refractivity contribution is -0.385. The van der Waals surface area contributed by atoms with Gasteiger partial charge in [0.05, 0.1) is 74.3 Å². The van der Waals surface area contributed by atoms with Crippen molar-refractivity contribution >= 4 is 23.2 Å². The number of hydrogen-bond acceptors (Lipinski definition) is 13. The number of nitro groups is 2. The van der Waals surface area contributed by atoms with E-state index in [0.29, 0.717) is 51.2 Å². The molecule has 3 N–H and O–H groups in total. The summed E-state index contributed by atoms with van der Waals surface area (Å²) in [4.78, 5) is 51.0. The minimum absolute atomic E-state index is 0.0190. The van der Waals surface area contributed by atoms with Crippen LogP contribution >= 0.6 is 0 Å². The van der Waals surface area contributed by atoms with Gasteiger partial charge in [-0.05, 0) is 44.9 Å². The lowest BCUT2D eigenvalue weighted by atomic mass is 9.96. The Morgan fingerprint density at radius 1 is 0.722 bits per heavy atom. The minimum Gasteiger partial charge on any atom is -0.493 e. The van der Waals surface area contributed by atoms with Crippen LogP contribution in [0.25, 0.3) is 0 Å². The summed E-state index contributed by atoms with van der Waals surface area (Å²) in [7, 11) is 2.84. The number of nitrogens with zero attached hydrogens (tertiary/aromatic N) is 4. The molecule has 2 aliphatic rings. The summed E-state index contributed by atoms with van der Waals surface area (Å²) in [6, 6.07) is 4.43. The first kappa shape index (κ1) is 43.7. The van der Waals surface area contributed by atoms with Gasteiger partial charge in [0.25, 0.3) is 23.2 Å². The van der Waals surface area contributed by atoms with E-state index >= 15 is 0 Å². The molecule has 0 spiro atoms. The Morgan fingerprint density at radius 2 is 1.13 bits per heavy atom. The van der Waals surface area contributed by atoms with Gasteiger partial charge in [-0.25, -0.2) is 0 Å². The molecule has 4 atom stereocenters. The molecule has 54 heavy (non-hydrogen) atoms. The van der Waals surface area contributed by atoms with Crippen molar-refractivity contribution in [2.45, 2.75) is 103 Å². The maximum Gasteiger partial charge on any atom is 0.286 e. The second-order valence-corrected chi connectivity index (χ2v) is 13.2. The van der Waals surface area contributed by atoms with E-state index in [0.717, 1.165) is 25.7 Å². The molecule has 0 aliphatic carbocycles. The van der Waals surface area contributed by atoms with E-state index in [-0.39, 0.29) is 65.4 Å². The monoisotopic (exact) mass is 762 g/mol. The summed E-state index contributed by atoms with van der Waals surface area (Å²) in [5.41, 5.74) is -0.826. The van der Waals surface area contributed by atoms with Gasteiger partial charge in [0, 0.05) is 31.3 Å². The molecule has 17 nitrogen and oxygen atoms in total. The predicted molar refractivity (Wildman–Crippen MR) is 198 cm³/mol. The average molecular weight is 763 g/mol. The lowest BCUT2D eigenvalue weighted by Crippen LogP contribution is -2.49. The smallest absolute Gasteiger partial charge is 0.286 e. The molecule has 2 fully saturated rings. The van der Waals surface area contributed by atoms with Gasteiger partial charge >= 0.3 is 0 Å². The van der Waals surface area contributed by atoms with Crippen LogP contribution in [0, 0.1) is 20.2 Å². The zero-order valence-corrected chi connectivity index (χ0v) is 31.7. The number of likely N-dealkylation sites (tertiary alicyclic amines) is 2. The number of unbranched alkanes of at least 4 members (excludes halogenated alkanes) is 2. The zero-order chi connectivity index (χ0) is 39.9. The molecular formula is C37H54N4O13. The summed E-state index contributed by atoms with van der Waals surface area (Å²) in [6.45, 7) is 7.00. The minimum atomic E-state index is -0.633. The van der Waals surface area contributed by atoms with Crippen LogP contribution in [0.3, 0.4) is 0 Å². The van der Waals surface area contributed by atoms with Crippen molar-refractivity contribution in [2.24, 2.45) is 0 Å². The number of piperidine rings is 2. The van der Waals surface area contributed by atoms with Crippen molar-refractivity contribution < 1.29 is 53.7 Å². The normalized spacial score (nSPS) is 19.6. The van der Waals surface area contributed by atoms with Crippen molar-refractivity contribution in [1.82, 2.24) is 9.80 Å². The van der Waals surface area contributed by atoms with E-state index < -0.39 is 39.9 Å². The molecule has 4 rings (SSSR count). The Labute approximate surface area is 315 Å². The highest BCUT2D eigenvalue weighted by molar-refractivity contribution is 6.00. The van der Waals surface area contributed by atoms with Crippen LogP contribution < -0.4 is 18.9 Å². The number of amides is 2. The third-order valence-electron chi connectivity index (χ3n) is 9.51. The number of benzene rings is 2. The molecule has 0 aromatic heterocycles. The maximum absolute atomic E-state index is 13.1. The van der Waals surface area contributed by atoms with Crippen LogP contribution in [0.1, 0.15) is 99.3 Å². The van der Waals surface area contributed by atoms with Crippen LogP contribution in [0.5, 0.6) is 23.0 Å². The third-order valence-corrected chi connectivity index (χ3v) is 9.51. The maximum atomic E-state index is 13.1. The summed E-state index contributed by atoms with van der Waals surface area (Å²) in [6.07, 6.45) is 4.57. The number of ether oxygens (including phenoxy) is 4. The Balaban J connectivity index is 0.000000290. The molecular weight excluding hydrogens is 708 g/mol. The number of nitro benzene ring substituents is 2. The standard InChI is InChI=1S/C19H28N2O6.C18H26N2O7/c1-4-6-9-27-18-12-16(21(24)25)15(11-17(18)26-3)19(23)20-8-7-14(22)10-13(20)5-2;1-3-4-7-27-17-10-15(20(24)25)14(9-16(17)26-2)18(23)19-6-5-13(22)8-12(19)11-21/h11-14,22H,4-10H2,1-3H3;9-10,12-13,21-22H,3-8,11H2,1-2H3/t13-,14+;12-,13-/m10/s1. The van der Waals surface area contributed by atoms with E-state index in [2.05, 4.69) is 0 Å². The van der Waals surface area contributed by atoms with Crippen molar-refractivity contribution in [3.8, 4) is 23.0 Å². The van der Waals surface area contributed by atoms with Gasteiger partial charge in [0.15, 0.2) is 23.0 Å². The molecule has 2 aromatic carbocycles. The predicted octanol–water partition coefficient (Wildman–Crippen LogP) is 4.90. The quantitative estimate of drug-likeness (QED) is 0.118. The van der Waals surface area contributed by atoms with E-state index in [1.807, 2.05) is 20.8 Å². The van der Waals surface area contributed by atoms with E-state index in [9.17, 15) is 45.1 Å². The third kappa shape index (κ3) is 11.1. The Kier molecular flexibility index (Phi) is 17.2. The van der Waals surface area contributed by atoms with E-state index in [4.69, 9.17) is 18.9 Å². The largest absolute Gasteiger partial charge is 0.493 e. The summed E-state index contributed by atoms with van der Waals surface area (Å²) in [5.74, 6) is 0.00462. The summed E-state index contributed by atoms with van der Waals surface area (Å²) >= 11 is 0. The Morgan fingerprint density at radius 3 is 1.48 bits per heavy atom. The molecule has 0 radical (unpaired) electrons. The molecule has 0 bridgehead atoms. The van der Waals surface area contributed by atoms with E-state index in [1.54, 1.807) is 4.90 Å². The van der Waals surface area contributed by atoms with Crippen LogP contribution in [0.4, 0.5) is 11.4 Å². The van der Waals surface area contributed by atoms with Gasteiger partial charge in [0.2, 0.25) is 0 Å². The van der Waals surface area contributed by atoms with Crippen LogP contribution in [-0.4, -0.2) is 118 Å². The fourth-order valence-corrected chi connectivity index (χ4v) is 6.40. The van der Waals surface area contributed by atoms with Crippen molar-refractivity contribution in [1.29, 1.82) is 0 Å². The molecule has 17 heteroatoms. The van der Waals surface area contributed by atoms with Gasteiger partial charge in [-0.2, -0.15) is 0 Å². The molecule has 2 aromatic rings. The van der Waals surface area contributed by atoms with Crippen molar-refractivity contribution in [3.63, 3.8) is 0 Å². The highest BCUT2D eigenvalue weighted by atomic mass is 16.6. The average Bonchev–Trinajstić information content (AvgIpc) is 3.17. The highest BCUT2D eigenvalue weighted by Gasteiger charge is 2.36.